The Bertz CT molecular complexity index is 1160. The van der Waals surface area contributed by atoms with Gasteiger partial charge in [0, 0.05) is 18.5 Å². The van der Waals surface area contributed by atoms with Crippen molar-refractivity contribution in [2.75, 3.05) is 26.7 Å². The molecule has 0 bridgehead atoms. The summed E-state index contributed by atoms with van der Waals surface area (Å²) in [6, 6.07) is 25.3. The van der Waals surface area contributed by atoms with Crippen LogP contribution in [-0.4, -0.2) is 46.6 Å². The largest absolute Gasteiger partial charge is 0.497 e. The molecule has 4 rings (SSSR count). The van der Waals surface area contributed by atoms with Crippen LogP contribution in [0.1, 0.15) is 25.1 Å². The van der Waals surface area contributed by atoms with Gasteiger partial charge in [-0.15, -0.1) is 5.10 Å². The van der Waals surface area contributed by atoms with Crippen LogP contribution in [0.25, 0.3) is 28.1 Å². The van der Waals surface area contributed by atoms with Crippen LogP contribution in [0.3, 0.4) is 0 Å². The van der Waals surface area contributed by atoms with Gasteiger partial charge in [0.25, 0.3) is 0 Å². The lowest BCUT2D eigenvalue weighted by molar-refractivity contribution is 0.307. The highest BCUT2D eigenvalue weighted by atomic mass is 16.5. The Morgan fingerprint density at radius 3 is 1.94 bits per heavy atom. The zero-order valence-corrected chi connectivity index (χ0v) is 20.0. The number of likely N-dealkylation sites (N-methyl/N-ethyl adjacent to an activating group) is 1. The van der Waals surface area contributed by atoms with Gasteiger partial charge >= 0.3 is 0 Å². The average molecular weight is 441 g/mol. The quantitative estimate of drug-likeness (QED) is 0.330. The number of ether oxygens (including phenoxy) is 1. The van der Waals surface area contributed by atoms with Gasteiger partial charge in [0.2, 0.25) is 0 Å². The standard InChI is InChI=1S/C28H32N4O/c1-5-31(6-2)20-19-27-28(32(30-29-27)25-15-7-21(3)8-16-25)24-11-9-22(10-12-24)23-13-17-26(33-4)18-14-23/h7-18H,5-6,19-20H2,1-4H3. The van der Waals surface area contributed by atoms with Crippen LogP contribution in [0.5, 0.6) is 5.75 Å². The van der Waals surface area contributed by atoms with E-state index in [4.69, 9.17) is 4.74 Å². The molecule has 0 saturated heterocycles. The van der Waals surface area contributed by atoms with Crippen molar-refractivity contribution in [2.24, 2.45) is 0 Å². The van der Waals surface area contributed by atoms with Gasteiger partial charge in [-0.3, -0.25) is 0 Å². The molecule has 0 fully saturated rings. The zero-order valence-electron chi connectivity index (χ0n) is 20.0. The average Bonchev–Trinajstić information content (AvgIpc) is 3.29. The van der Waals surface area contributed by atoms with Crippen molar-refractivity contribution < 1.29 is 4.74 Å². The third kappa shape index (κ3) is 5.15. The molecule has 0 unspecified atom stereocenters. The van der Waals surface area contributed by atoms with Crippen molar-refractivity contribution in [1.82, 2.24) is 19.9 Å². The van der Waals surface area contributed by atoms with E-state index in [-0.39, 0.29) is 0 Å². The van der Waals surface area contributed by atoms with Crippen LogP contribution in [0.15, 0.2) is 72.8 Å². The van der Waals surface area contributed by atoms with E-state index in [2.05, 4.69) is 96.6 Å². The molecular weight excluding hydrogens is 408 g/mol. The lowest BCUT2D eigenvalue weighted by Crippen LogP contribution is -2.25. The second-order valence-corrected chi connectivity index (χ2v) is 8.21. The predicted octanol–water partition coefficient (Wildman–Crippen LogP) is 5.80. The van der Waals surface area contributed by atoms with Crippen LogP contribution in [0.4, 0.5) is 0 Å². The fraction of sp³-hybridized carbons (Fsp3) is 0.286. The van der Waals surface area contributed by atoms with Gasteiger partial charge in [-0.1, -0.05) is 73.2 Å². The van der Waals surface area contributed by atoms with Crippen LogP contribution >= 0.6 is 0 Å². The summed E-state index contributed by atoms with van der Waals surface area (Å²) in [5.41, 5.74) is 7.79. The van der Waals surface area contributed by atoms with Gasteiger partial charge in [0.15, 0.2) is 0 Å². The van der Waals surface area contributed by atoms with Crippen molar-refractivity contribution >= 4 is 0 Å². The minimum Gasteiger partial charge on any atom is -0.497 e. The van der Waals surface area contributed by atoms with Crippen molar-refractivity contribution in [3.05, 3.63) is 84.1 Å². The third-order valence-corrected chi connectivity index (χ3v) is 6.16. The Morgan fingerprint density at radius 2 is 1.36 bits per heavy atom. The van der Waals surface area contributed by atoms with Crippen LogP contribution < -0.4 is 4.74 Å². The fourth-order valence-corrected chi connectivity index (χ4v) is 4.04. The maximum Gasteiger partial charge on any atom is 0.118 e. The first-order valence-corrected chi connectivity index (χ1v) is 11.6. The van der Waals surface area contributed by atoms with E-state index >= 15 is 0 Å². The molecule has 0 N–H and O–H groups in total. The molecule has 1 heterocycles. The maximum atomic E-state index is 5.28. The Balaban J connectivity index is 1.70. The molecule has 170 valence electrons. The Kier molecular flexibility index (Phi) is 7.20. The maximum absolute atomic E-state index is 5.28. The number of methoxy groups -OCH3 is 1. The summed E-state index contributed by atoms with van der Waals surface area (Å²) in [6.07, 6.45) is 0.864. The van der Waals surface area contributed by atoms with Crippen LogP contribution in [0.2, 0.25) is 0 Å². The number of rotatable bonds is 9. The lowest BCUT2D eigenvalue weighted by Gasteiger charge is -2.17. The molecule has 5 heteroatoms. The SMILES string of the molecule is CCN(CC)CCc1nnn(-c2ccc(C)cc2)c1-c1ccc(-c2ccc(OC)cc2)cc1. The second-order valence-electron chi connectivity index (χ2n) is 8.21. The van der Waals surface area contributed by atoms with Crippen molar-refractivity contribution in [1.29, 1.82) is 0 Å². The predicted molar refractivity (Wildman–Crippen MR) is 135 cm³/mol. The minimum atomic E-state index is 0.862. The molecule has 0 amide bonds. The molecule has 1 aromatic heterocycles. The second kappa shape index (κ2) is 10.5. The van der Waals surface area contributed by atoms with E-state index in [1.807, 2.05) is 16.8 Å². The van der Waals surface area contributed by atoms with E-state index in [0.717, 1.165) is 60.0 Å². The summed E-state index contributed by atoms with van der Waals surface area (Å²) in [5, 5.41) is 9.16. The van der Waals surface area contributed by atoms with Gasteiger partial charge in [-0.25, -0.2) is 4.68 Å². The monoisotopic (exact) mass is 440 g/mol. The number of hydrogen-bond acceptors (Lipinski definition) is 4. The molecule has 0 aliphatic rings. The molecule has 0 aliphatic heterocycles. The number of hydrogen-bond donors (Lipinski definition) is 0. The highest BCUT2D eigenvalue weighted by Crippen LogP contribution is 2.29. The minimum absolute atomic E-state index is 0.862. The molecule has 0 radical (unpaired) electrons. The van der Waals surface area contributed by atoms with E-state index < -0.39 is 0 Å². The van der Waals surface area contributed by atoms with Gasteiger partial charge in [0.05, 0.1) is 24.2 Å². The third-order valence-electron chi connectivity index (χ3n) is 6.16. The van der Waals surface area contributed by atoms with Gasteiger partial charge in [-0.2, -0.15) is 0 Å². The Hall–Kier alpha value is -3.44. The molecule has 0 aliphatic carbocycles. The molecular formula is C28H32N4O. The lowest BCUT2D eigenvalue weighted by atomic mass is 10.0. The summed E-state index contributed by atoms with van der Waals surface area (Å²) in [4.78, 5) is 2.42. The highest BCUT2D eigenvalue weighted by molar-refractivity contribution is 5.71. The van der Waals surface area contributed by atoms with Crippen molar-refractivity contribution in [3.63, 3.8) is 0 Å². The summed E-state index contributed by atoms with van der Waals surface area (Å²) >= 11 is 0. The van der Waals surface area contributed by atoms with Gasteiger partial charge in [0.1, 0.15) is 5.75 Å². The Morgan fingerprint density at radius 1 is 0.788 bits per heavy atom. The summed E-state index contributed by atoms with van der Waals surface area (Å²) in [6.45, 7) is 9.54. The molecule has 5 nitrogen and oxygen atoms in total. The van der Waals surface area contributed by atoms with E-state index in [0.29, 0.717) is 0 Å². The molecule has 33 heavy (non-hydrogen) atoms. The van der Waals surface area contributed by atoms with Gasteiger partial charge < -0.3 is 9.64 Å². The first-order valence-electron chi connectivity index (χ1n) is 11.6. The van der Waals surface area contributed by atoms with Crippen LogP contribution in [0, 0.1) is 6.92 Å². The Labute approximate surface area is 196 Å². The molecule has 0 saturated carbocycles. The molecule has 0 atom stereocenters. The van der Waals surface area contributed by atoms with Crippen LogP contribution in [-0.2, 0) is 6.42 Å². The molecule has 3 aromatic carbocycles. The normalized spacial score (nSPS) is 11.2. The topological polar surface area (TPSA) is 43.2 Å². The first kappa shape index (κ1) is 22.7. The van der Waals surface area contributed by atoms with E-state index in [9.17, 15) is 0 Å². The zero-order chi connectivity index (χ0) is 23.2. The van der Waals surface area contributed by atoms with E-state index in [1.165, 1.54) is 11.1 Å². The number of benzene rings is 3. The number of aryl methyl sites for hydroxylation is 1. The van der Waals surface area contributed by atoms with Gasteiger partial charge in [-0.05, 0) is 55.4 Å². The molecule has 4 aromatic rings. The summed E-state index contributed by atoms with van der Waals surface area (Å²) in [5.74, 6) is 0.862. The number of aromatic nitrogens is 3. The smallest absolute Gasteiger partial charge is 0.118 e. The van der Waals surface area contributed by atoms with E-state index in [1.54, 1.807) is 7.11 Å². The fourth-order valence-electron chi connectivity index (χ4n) is 4.04. The summed E-state index contributed by atoms with van der Waals surface area (Å²) in [7, 11) is 1.69. The highest BCUT2D eigenvalue weighted by Gasteiger charge is 2.17. The molecule has 0 spiro atoms. The van der Waals surface area contributed by atoms with Crippen molar-refractivity contribution in [2.45, 2.75) is 27.2 Å². The number of nitrogens with zero attached hydrogens (tertiary/aromatic N) is 4. The first-order chi connectivity index (χ1) is 16.1. The summed E-state index contributed by atoms with van der Waals surface area (Å²) < 4.78 is 7.26. The van der Waals surface area contributed by atoms with Crippen molar-refractivity contribution in [3.8, 4) is 33.8 Å².